The molecule has 3 N–H and O–H groups in total. The maximum atomic E-state index is 12.2. The van der Waals surface area contributed by atoms with Crippen molar-refractivity contribution in [1.82, 2.24) is 19.5 Å². The normalized spacial score (nSPS) is 24.0. The van der Waals surface area contributed by atoms with Gasteiger partial charge in [-0.05, 0) is 12.8 Å². The minimum atomic E-state index is -0.986. The monoisotopic (exact) mass is 407 g/mol. The summed E-state index contributed by atoms with van der Waals surface area (Å²) in [5.41, 5.74) is 6.57. The van der Waals surface area contributed by atoms with E-state index in [4.69, 9.17) is 19.9 Å². The van der Waals surface area contributed by atoms with Crippen molar-refractivity contribution in [1.29, 1.82) is 0 Å². The van der Waals surface area contributed by atoms with Crippen LogP contribution in [0.25, 0.3) is 11.2 Å². The van der Waals surface area contributed by atoms with Gasteiger partial charge in [-0.15, -0.1) is 0 Å². The molecular formula is C18H25N5O6. The van der Waals surface area contributed by atoms with Crippen LogP contribution in [0.4, 0.5) is 5.82 Å². The van der Waals surface area contributed by atoms with Crippen LogP contribution in [0.15, 0.2) is 12.7 Å². The van der Waals surface area contributed by atoms with E-state index in [1.807, 2.05) is 13.8 Å². The minimum Gasteiger partial charge on any atom is -0.455 e. The zero-order chi connectivity index (χ0) is 21.0. The Kier molecular flexibility index (Phi) is 6.60. The summed E-state index contributed by atoms with van der Waals surface area (Å²) in [6.07, 6.45) is 0.568. The molecule has 4 atom stereocenters. The number of aromatic nitrogens is 4. The Labute approximate surface area is 167 Å². The van der Waals surface area contributed by atoms with E-state index in [9.17, 15) is 14.7 Å². The summed E-state index contributed by atoms with van der Waals surface area (Å²) in [5.74, 6) is -0.727. The van der Waals surface area contributed by atoms with Crippen LogP contribution in [-0.4, -0.2) is 61.5 Å². The molecule has 2 aromatic heterocycles. The Hall–Kier alpha value is -2.79. The highest BCUT2D eigenvalue weighted by atomic mass is 16.6. The molecule has 3 heterocycles. The molecule has 2 aromatic rings. The van der Waals surface area contributed by atoms with E-state index in [1.54, 1.807) is 0 Å². The lowest BCUT2D eigenvalue weighted by molar-refractivity contribution is -0.168. The van der Waals surface area contributed by atoms with E-state index in [2.05, 4.69) is 15.0 Å². The number of nitrogens with zero attached hydrogens (tertiary/aromatic N) is 4. The molecule has 0 saturated carbocycles. The minimum absolute atomic E-state index is 0.191. The van der Waals surface area contributed by atoms with Crippen LogP contribution in [-0.2, 0) is 23.8 Å². The number of nitrogen functional groups attached to an aromatic ring is 1. The van der Waals surface area contributed by atoms with Crippen molar-refractivity contribution in [3.8, 4) is 0 Å². The van der Waals surface area contributed by atoms with E-state index in [0.29, 0.717) is 24.0 Å². The third kappa shape index (κ3) is 4.30. The summed E-state index contributed by atoms with van der Waals surface area (Å²) in [6, 6.07) is 0. The van der Waals surface area contributed by atoms with Crippen LogP contribution in [0.2, 0.25) is 0 Å². The Morgan fingerprint density at radius 1 is 1.14 bits per heavy atom. The first-order chi connectivity index (χ1) is 14.0. The first kappa shape index (κ1) is 20.9. The number of ether oxygens (including phenoxy) is 3. The second-order valence-electron chi connectivity index (χ2n) is 6.74. The van der Waals surface area contributed by atoms with Gasteiger partial charge in [-0.3, -0.25) is 14.2 Å². The Morgan fingerprint density at radius 2 is 1.79 bits per heavy atom. The van der Waals surface area contributed by atoms with Gasteiger partial charge in [0.05, 0.1) is 12.9 Å². The number of imidazole rings is 1. The van der Waals surface area contributed by atoms with E-state index < -0.39 is 43.1 Å². The molecule has 0 amide bonds. The molecule has 0 unspecified atom stereocenters. The van der Waals surface area contributed by atoms with Crippen LogP contribution in [0.1, 0.15) is 45.8 Å². The number of carbonyl (C=O) groups excluding carboxylic acids is 2. The number of carbonyl (C=O) groups is 2. The number of aliphatic hydroxyl groups excluding tert-OH is 1. The highest BCUT2D eigenvalue weighted by molar-refractivity contribution is 5.81. The first-order valence-electron chi connectivity index (χ1n) is 9.58. The predicted octanol–water partition coefficient (Wildman–Crippen LogP) is 0.722. The molecule has 29 heavy (non-hydrogen) atoms. The van der Waals surface area contributed by atoms with Gasteiger partial charge in [-0.1, -0.05) is 13.8 Å². The molecule has 0 bridgehead atoms. The van der Waals surface area contributed by atoms with Gasteiger partial charge in [0, 0.05) is 12.8 Å². The molecule has 158 valence electrons. The smallest absolute Gasteiger partial charge is 0.306 e. The maximum absolute atomic E-state index is 12.2. The SMILES string of the molecule is CCCC(=O)O[C@@H]1[C@H](OC(=O)CCC)[C@@H](CO)O[C@H]1n1cnc2c(N)ncnc21. The van der Waals surface area contributed by atoms with Crippen LogP contribution in [0, 0.1) is 0 Å². The van der Waals surface area contributed by atoms with Crippen molar-refractivity contribution in [2.75, 3.05) is 12.3 Å². The van der Waals surface area contributed by atoms with Gasteiger partial charge in [0.25, 0.3) is 0 Å². The van der Waals surface area contributed by atoms with Crippen LogP contribution < -0.4 is 5.73 Å². The average Bonchev–Trinajstić information content (AvgIpc) is 3.25. The van der Waals surface area contributed by atoms with Crippen molar-refractivity contribution in [2.24, 2.45) is 0 Å². The van der Waals surface area contributed by atoms with Gasteiger partial charge < -0.3 is 25.1 Å². The van der Waals surface area contributed by atoms with Gasteiger partial charge in [0.2, 0.25) is 0 Å². The molecule has 0 radical (unpaired) electrons. The molecule has 0 aliphatic carbocycles. The van der Waals surface area contributed by atoms with Crippen molar-refractivity contribution in [2.45, 2.75) is 64.1 Å². The fourth-order valence-electron chi connectivity index (χ4n) is 3.23. The lowest BCUT2D eigenvalue weighted by atomic mass is 10.1. The fourth-order valence-corrected chi connectivity index (χ4v) is 3.23. The fraction of sp³-hybridized carbons (Fsp3) is 0.611. The maximum Gasteiger partial charge on any atom is 0.306 e. The summed E-state index contributed by atoms with van der Waals surface area (Å²) in [6.45, 7) is 3.27. The van der Waals surface area contributed by atoms with Gasteiger partial charge in [0.1, 0.15) is 17.9 Å². The van der Waals surface area contributed by atoms with Crippen molar-refractivity contribution >= 4 is 28.9 Å². The summed E-state index contributed by atoms with van der Waals surface area (Å²) in [5, 5.41) is 9.78. The predicted molar refractivity (Wildman–Crippen MR) is 100 cm³/mol. The zero-order valence-corrected chi connectivity index (χ0v) is 16.4. The van der Waals surface area contributed by atoms with Crippen molar-refractivity contribution in [3.63, 3.8) is 0 Å². The number of esters is 2. The number of nitrogens with two attached hydrogens (primary N) is 1. The Morgan fingerprint density at radius 3 is 2.41 bits per heavy atom. The van der Waals surface area contributed by atoms with Crippen molar-refractivity contribution < 1.29 is 28.9 Å². The summed E-state index contributed by atoms with van der Waals surface area (Å²) in [4.78, 5) is 36.6. The molecule has 1 aliphatic rings. The number of hydrogen-bond donors (Lipinski definition) is 2. The van der Waals surface area contributed by atoms with Crippen LogP contribution in [0.5, 0.6) is 0 Å². The standard InChI is InChI=1S/C18H25N5O6/c1-3-5-11(25)28-14-10(7-24)27-18(15(14)29-12(26)6-4-2)23-9-22-13-16(19)20-8-21-17(13)23/h8-10,14-15,18,24H,3-7H2,1-2H3,(H2,19,20,21)/t10-,14-,15-,18-/m1/s1. The van der Waals surface area contributed by atoms with Crippen LogP contribution in [0.3, 0.4) is 0 Å². The summed E-state index contributed by atoms with van der Waals surface area (Å²) in [7, 11) is 0. The largest absolute Gasteiger partial charge is 0.455 e. The Bertz CT molecular complexity index is 872. The summed E-state index contributed by atoms with van der Waals surface area (Å²) >= 11 is 0. The van der Waals surface area contributed by atoms with Gasteiger partial charge in [0.15, 0.2) is 29.9 Å². The molecule has 11 nitrogen and oxygen atoms in total. The third-order valence-electron chi connectivity index (χ3n) is 4.57. The lowest BCUT2D eigenvalue weighted by Gasteiger charge is -2.24. The molecule has 1 aliphatic heterocycles. The number of rotatable bonds is 8. The topological polar surface area (TPSA) is 152 Å². The van der Waals surface area contributed by atoms with E-state index in [-0.39, 0.29) is 18.7 Å². The molecule has 0 aromatic carbocycles. The number of fused-ring (bicyclic) bond motifs is 1. The van der Waals surface area contributed by atoms with Gasteiger partial charge >= 0.3 is 11.9 Å². The molecule has 3 rings (SSSR count). The Balaban J connectivity index is 1.97. The highest BCUT2D eigenvalue weighted by Gasteiger charge is 2.50. The van der Waals surface area contributed by atoms with Crippen molar-refractivity contribution in [3.05, 3.63) is 12.7 Å². The molecule has 1 saturated heterocycles. The molecular weight excluding hydrogens is 382 g/mol. The van der Waals surface area contributed by atoms with E-state index in [1.165, 1.54) is 17.2 Å². The highest BCUT2D eigenvalue weighted by Crippen LogP contribution is 2.36. The van der Waals surface area contributed by atoms with Gasteiger partial charge in [-0.2, -0.15) is 0 Å². The van der Waals surface area contributed by atoms with E-state index in [0.717, 1.165) is 0 Å². The second kappa shape index (κ2) is 9.14. The number of hydrogen-bond acceptors (Lipinski definition) is 10. The lowest BCUT2D eigenvalue weighted by Crippen LogP contribution is -2.40. The second-order valence-corrected chi connectivity index (χ2v) is 6.74. The summed E-state index contributed by atoms with van der Waals surface area (Å²) < 4.78 is 18.6. The van der Waals surface area contributed by atoms with Crippen LogP contribution >= 0.6 is 0 Å². The first-order valence-corrected chi connectivity index (χ1v) is 9.58. The van der Waals surface area contributed by atoms with E-state index >= 15 is 0 Å². The quantitative estimate of drug-likeness (QED) is 0.599. The average molecular weight is 407 g/mol. The molecule has 1 fully saturated rings. The number of aliphatic hydroxyl groups is 1. The van der Waals surface area contributed by atoms with Gasteiger partial charge in [-0.25, -0.2) is 15.0 Å². The molecule has 11 heteroatoms. The third-order valence-corrected chi connectivity index (χ3v) is 4.57. The zero-order valence-electron chi connectivity index (χ0n) is 16.4. The molecule has 0 spiro atoms. The number of anilines is 1.